The van der Waals surface area contributed by atoms with E-state index in [0.717, 1.165) is 0 Å². The van der Waals surface area contributed by atoms with Gasteiger partial charge in [-0.2, -0.15) is 0 Å². The SMILES string of the molecule is Fc1cc(Cl)cc(-n2c(=S)[nH]c3cc(F)ccc32)c1. The van der Waals surface area contributed by atoms with Gasteiger partial charge in [-0.15, -0.1) is 0 Å². The highest BCUT2D eigenvalue weighted by Gasteiger charge is 2.09. The maximum absolute atomic E-state index is 13.4. The molecule has 0 aliphatic rings. The number of benzene rings is 2. The lowest BCUT2D eigenvalue weighted by Crippen LogP contribution is -1.95. The van der Waals surface area contributed by atoms with Crippen LogP contribution in [0, 0.1) is 16.4 Å². The molecule has 1 heterocycles. The Morgan fingerprint density at radius 3 is 2.58 bits per heavy atom. The van der Waals surface area contributed by atoms with Gasteiger partial charge >= 0.3 is 0 Å². The van der Waals surface area contributed by atoms with E-state index in [1.807, 2.05) is 0 Å². The molecule has 0 amide bonds. The molecule has 19 heavy (non-hydrogen) atoms. The van der Waals surface area contributed by atoms with Gasteiger partial charge in [0, 0.05) is 5.02 Å². The van der Waals surface area contributed by atoms with Crippen molar-refractivity contribution in [3.63, 3.8) is 0 Å². The van der Waals surface area contributed by atoms with Gasteiger partial charge in [0.1, 0.15) is 11.6 Å². The van der Waals surface area contributed by atoms with Crippen molar-refractivity contribution in [3.8, 4) is 5.69 Å². The van der Waals surface area contributed by atoms with Crippen molar-refractivity contribution in [1.82, 2.24) is 9.55 Å². The zero-order chi connectivity index (χ0) is 13.6. The van der Waals surface area contributed by atoms with Crippen LogP contribution < -0.4 is 0 Å². The average Bonchev–Trinajstić information content (AvgIpc) is 2.62. The van der Waals surface area contributed by atoms with E-state index in [2.05, 4.69) is 4.98 Å². The summed E-state index contributed by atoms with van der Waals surface area (Å²) in [6.07, 6.45) is 0. The first kappa shape index (κ1) is 12.3. The number of hydrogen-bond acceptors (Lipinski definition) is 1. The van der Waals surface area contributed by atoms with Crippen LogP contribution in [-0.2, 0) is 0 Å². The standard InChI is InChI=1S/C13H7ClF2N2S/c14-7-3-9(16)5-10(4-7)18-12-2-1-8(15)6-11(12)17-13(18)19/h1-6H,(H,17,19). The number of aromatic nitrogens is 2. The summed E-state index contributed by atoms with van der Waals surface area (Å²) in [6, 6.07) is 8.36. The first-order valence-electron chi connectivity index (χ1n) is 5.41. The number of nitrogens with zero attached hydrogens (tertiary/aromatic N) is 1. The smallest absolute Gasteiger partial charge is 0.182 e. The predicted octanol–water partition coefficient (Wildman–Crippen LogP) is 4.62. The minimum absolute atomic E-state index is 0.272. The number of fused-ring (bicyclic) bond motifs is 1. The topological polar surface area (TPSA) is 20.7 Å². The van der Waals surface area contributed by atoms with E-state index in [0.29, 0.717) is 21.5 Å². The van der Waals surface area contributed by atoms with Crippen molar-refractivity contribution < 1.29 is 8.78 Å². The van der Waals surface area contributed by atoms with Crippen LogP contribution in [0.1, 0.15) is 0 Å². The second-order valence-corrected chi connectivity index (χ2v) is 4.88. The van der Waals surface area contributed by atoms with Crippen LogP contribution in [0.25, 0.3) is 16.7 Å². The number of halogens is 3. The van der Waals surface area contributed by atoms with Gasteiger partial charge < -0.3 is 4.98 Å². The third kappa shape index (κ3) is 2.15. The monoisotopic (exact) mass is 296 g/mol. The number of nitrogens with one attached hydrogen (secondary N) is 1. The van der Waals surface area contributed by atoms with Crippen LogP contribution in [-0.4, -0.2) is 9.55 Å². The lowest BCUT2D eigenvalue weighted by atomic mass is 10.2. The molecule has 0 aliphatic heterocycles. The van der Waals surface area contributed by atoms with Gasteiger partial charge in [-0.1, -0.05) is 11.6 Å². The molecule has 3 aromatic rings. The highest BCUT2D eigenvalue weighted by atomic mass is 35.5. The van der Waals surface area contributed by atoms with Crippen LogP contribution in [0.4, 0.5) is 8.78 Å². The largest absolute Gasteiger partial charge is 0.330 e. The van der Waals surface area contributed by atoms with Gasteiger partial charge in [0.2, 0.25) is 0 Å². The molecule has 96 valence electrons. The fourth-order valence-electron chi connectivity index (χ4n) is 2.01. The summed E-state index contributed by atoms with van der Waals surface area (Å²) in [7, 11) is 0. The molecule has 2 aromatic carbocycles. The van der Waals surface area contributed by atoms with E-state index in [1.54, 1.807) is 16.7 Å². The van der Waals surface area contributed by atoms with Crippen LogP contribution in [0.15, 0.2) is 36.4 Å². The Balaban J connectivity index is 2.36. The summed E-state index contributed by atoms with van der Waals surface area (Å²) in [4.78, 5) is 2.88. The summed E-state index contributed by atoms with van der Waals surface area (Å²) in [6.45, 7) is 0. The van der Waals surface area contributed by atoms with Crippen LogP contribution >= 0.6 is 23.8 Å². The van der Waals surface area contributed by atoms with E-state index >= 15 is 0 Å². The minimum Gasteiger partial charge on any atom is -0.330 e. The van der Waals surface area contributed by atoms with E-state index in [1.165, 1.54) is 24.3 Å². The summed E-state index contributed by atoms with van der Waals surface area (Å²) >= 11 is 11.0. The molecule has 3 rings (SSSR count). The van der Waals surface area contributed by atoms with Gasteiger partial charge in [0.25, 0.3) is 0 Å². The molecule has 0 spiro atoms. The molecular weight excluding hydrogens is 290 g/mol. The first-order valence-corrected chi connectivity index (χ1v) is 6.20. The molecule has 1 N–H and O–H groups in total. The Labute approximate surface area is 117 Å². The molecule has 1 aromatic heterocycles. The van der Waals surface area contributed by atoms with Gasteiger partial charge in [-0.05, 0) is 48.6 Å². The molecule has 0 saturated heterocycles. The average molecular weight is 297 g/mol. The molecule has 2 nitrogen and oxygen atoms in total. The van der Waals surface area contributed by atoms with Crippen molar-refractivity contribution >= 4 is 34.9 Å². The molecule has 6 heteroatoms. The molecule has 0 radical (unpaired) electrons. The Bertz CT molecular complexity index is 818. The third-order valence-electron chi connectivity index (χ3n) is 2.75. The lowest BCUT2D eigenvalue weighted by molar-refractivity contribution is 0.626. The van der Waals surface area contributed by atoms with E-state index in [-0.39, 0.29) is 10.8 Å². The van der Waals surface area contributed by atoms with Crippen LogP contribution in [0.2, 0.25) is 5.02 Å². The first-order chi connectivity index (χ1) is 9.04. The fourth-order valence-corrected chi connectivity index (χ4v) is 2.54. The van der Waals surface area contributed by atoms with Crippen molar-refractivity contribution in [2.24, 2.45) is 0 Å². The summed E-state index contributed by atoms with van der Waals surface area (Å²) < 4.78 is 28.5. The van der Waals surface area contributed by atoms with Crippen molar-refractivity contribution in [2.45, 2.75) is 0 Å². The van der Waals surface area contributed by atoms with Gasteiger partial charge in [-0.3, -0.25) is 4.57 Å². The zero-order valence-electron chi connectivity index (χ0n) is 9.45. The highest BCUT2D eigenvalue weighted by Crippen LogP contribution is 2.23. The Hall–Kier alpha value is -1.72. The molecule has 0 fully saturated rings. The molecule has 0 atom stereocenters. The summed E-state index contributed by atoms with van der Waals surface area (Å²) in [5.74, 6) is -0.825. The maximum atomic E-state index is 13.4. The minimum atomic E-state index is -0.458. The summed E-state index contributed by atoms with van der Waals surface area (Å²) in [5.41, 5.74) is 1.70. The Morgan fingerprint density at radius 1 is 1.05 bits per heavy atom. The normalized spacial score (nSPS) is 11.1. The van der Waals surface area contributed by atoms with E-state index in [9.17, 15) is 8.78 Å². The zero-order valence-corrected chi connectivity index (χ0v) is 11.0. The predicted molar refractivity (Wildman–Crippen MR) is 73.4 cm³/mol. The van der Waals surface area contributed by atoms with Crippen molar-refractivity contribution in [3.05, 3.63) is 57.8 Å². The van der Waals surface area contributed by atoms with Crippen molar-refractivity contribution in [2.75, 3.05) is 0 Å². The van der Waals surface area contributed by atoms with Crippen LogP contribution in [0.5, 0.6) is 0 Å². The second kappa shape index (κ2) is 4.43. The number of rotatable bonds is 1. The number of aromatic amines is 1. The number of H-pyrrole nitrogens is 1. The Morgan fingerprint density at radius 2 is 1.84 bits per heavy atom. The third-order valence-corrected chi connectivity index (χ3v) is 3.25. The van der Waals surface area contributed by atoms with Gasteiger partial charge in [0.05, 0.1) is 16.7 Å². The number of imidazole rings is 1. The lowest BCUT2D eigenvalue weighted by Gasteiger charge is -2.05. The molecular formula is C13H7ClF2N2S. The van der Waals surface area contributed by atoms with Gasteiger partial charge in [-0.25, -0.2) is 8.78 Å². The fraction of sp³-hybridized carbons (Fsp3) is 0. The number of hydrogen-bond donors (Lipinski definition) is 1. The maximum Gasteiger partial charge on any atom is 0.182 e. The quantitative estimate of drug-likeness (QED) is 0.650. The van der Waals surface area contributed by atoms with E-state index in [4.69, 9.17) is 23.8 Å². The summed E-state index contributed by atoms with van der Waals surface area (Å²) in [5, 5.41) is 0.272. The molecule has 0 bridgehead atoms. The highest BCUT2D eigenvalue weighted by molar-refractivity contribution is 7.71. The Kier molecular flexibility index (Phi) is 2.88. The van der Waals surface area contributed by atoms with Crippen LogP contribution in [0.3, 0.4) is 0 Å². The molecule has 0 aliphatic carbocycles. The second-order valence-electron chi connectivity index (χ2n) is 4.05. The van der Waals surface area contributed by atoms with E-state index < -0.39 is 5.82 Å². The molecule has 0 saturated carbocycles. The van der Waals surface area contributed by atoms with Crippen molar-refractivity contribution in [1.29, 1.82) is 0 Å². The molecule has 0 unspecified atom stereocenters. The van der Waals surface area contributed by atoms with Gasteiger partial charge in [0.15, 0.2) is 4.77 Å².